The number of aryl methyl sites for hydroxylation is 1. The average molecular weight is 321 g/mol. The molecule has 2 aromatic rings. The second-order valence-electron chi connectivity index (χ2n) is 4.54. The van der Waals surface area contributed by atoms with Crippen molar-refractivity contribution >= 4 is 34.8 Å². The Kier molecular flexibility index (Phi) is 4.90. The number of benzene rings is 1. The largest absolute Gasteiger partial charge is 0.378 e. The molecule has 1 amide bonds. The van der Waals surface area contributed by atoms with Gasteiger partial charge in [0.1, 0.15) is 5.82 Å². The Morgan fingerprint density at radius 3 is 2.77 bits per heavy atom. The Balaban J connectivity index is 1.95. The first-order chi connectivity index (χ1) is 10.5. The molecule has 114 valence electrons. The van der Waals surface area contributed by atoms with Gasteiger partial charge in [-0.15, -0.1) is 0 Å². The van der Waals surface area contributed by atoms with Crippen LogP contribution in [0, 0.1) is 10.1 Å². The van der Waals surface area contributed by atoms with Crippen molar-refractivity contribution in [2.45, 2.75) is 12.8 Å². The predicted molar refractivity (Wildman–Crippen MR) is 83.7 cm³/mol. The summed E-state index contributed by atoms with van der Waals surface area (Å²) in [5.74, 6) is -0.322. The average Bonchev–Trinajstić information content (AvgIpc) is 2.45. The number of aromatic nitrogens is 1. The minimum absolute atomic E-state index is 0.180. The van der Waals surface area contributed by atoms with E-state index in [9.17, 15) is 14.9 Å². The van der Waals surface area contributed by atoms with Crippen LogP contribution in [-0.4, -0.2) is 15.8 Å². The summed E-state index contributed by atoms with van der Waals surface area (Å²) < 4.78 is 0. The van der Waals surface area contributed by atoms with E-state index in [0.29, 0.717) is 11.4 Å². The summed E-state index contributed by atoms with van der Waals surface area (Å²) in [6.07, 6.45) is 0.758. The highest BCUT2D eigenvalue weighted by Crippen LogP contribution is 2.20. The van der Waals surface area contributed by atoms with Crippen molar-refractivity contribution < 1.29 is 9.72 Å². The molecular formula is C14H13ClN4O3. The maximum absolute atomic E-state index is 11.8. The number of hydrogen-bond donors (Lipinski definition) is 2. The minimum Gasteiger partial charge on any atom is -0.378 e. The van der Waals surface area contributed by atoms with Crippen molar-refractivity contribution in [2.24, 2.45) is 0 Å². The van der Waals surface area contributed by atoms with Crippen LogP contribution in [0.15, 0.2) is 36.4 Å². The molecule has 1 heterocycles. The molecule has 0 saturated heterocycles. The van der Waals surface area contributed by atoms with Crippen molar-refractivity contribution in [1.29, 1.82) is 0 Å². The Bertz CT molecular complexity index is 721. The fraction of sp³-hybridized carbons (Fsp3) is 0.143. The van der Waals surface area contributed by atoms with E-state index in [0.717, 1.165) is 5.56 Å². The van der Waals surface area contributed by atoms with Crippen molar-refractivity contribution in [3.63, 3.8) is 0 Å². The van der Waals surface area contributed by atoms with E-state index in [1.165, 1.54) is 12.1 Å². The van der Waals surface area contributed by atoms with Gasteiger partial charge in [-0.3, -0.25) is 14.9 Å². The number of hydrogen-bond acceptors (Lipinski definition) is 5. The predicted octanol–water partition coefficient (Wildman–Crippen LogP) is 2.80. The van der Waals surface area contributed by atoms with Crippen LogP contribution in [-0.2, 0) is 11.2 Å². The van der Waals surface area contributed by atoms with Crippen LogP contribution in [0.5, 0.6) is 0 Å². The summed E-state index contributed by atoms with van der Waals surface area (Å²) in [6.45, 7) is 0. The van der Waals surface area contributed by atoms with Gasteiger partial charge in [0.25, 0.3) is 0 Å². The number of pyridine rings is 1. The topological polar surface area (TPSA) is 111 Å². The van der Waals surface area contributed by atoms with Gasteiger partial charge in [0.05, 0.1) is 4.92 Å². The van der Waals surface area contributed by atoms with Crippen molar-refractivity contribution in [3.8, 4) is 0 Å². The third kappa shape index (κ3) is 4.16. The number of anilines is 2. The van der Waals surface area contributed by atoms with Crippen LogP contribution in [0.4, 0.5) is 17.3 Å². The number of carbonyl (C=O) groups excluding carboxylic acids is 1. The summed E-state index contributed by atoms with van der Waals surface area (Å²) in [6, 6.07) is 9.78. The summed E-state index contributed by atoms with van der Waals surface area (Å²) >= 11 is 5.87. The molecule has 2 rings (SSSR count). The van der Waals surface area contributed by atoms with E-state index >= 15 is 0 Å². The van der Waals surface area contributed by atoms with Gasteiger partial charge in [-0.05, 0) is 30.2 Å². The van der Waals surface area contributed by atoms with Gasteiger partial charge in [-0.1, -0.05) is 23.7 Å². The van der Waals surface area contributed by atoms with Crippen LogP contribution in [0.2, 0.25) is 5.02 Å². The van der Waals surface area contributed by atoms with E-state index < -0.39 is 4.92 Å². The smallest absolute Gasteiger partial charge is 0.311 e. The van der Waals surface area contributed by atoms with Crippen LogP contribution < -0.4 is 11.1 Å². The van der Waals surface area contributed by atoms with E-state index in [-0.39, 0.29) is 29.7 Å². The summed E-state index contributed by atoms with van der Waals surface area (Å²) in [5.41, 5.74) is 6.11. The molecule has 7 nitrogen and oxygen atoms in total. The third-order valence-electron chi connectivity index (χ3n) is 2.90. The van der Waals surface area contributed by atoms with Crippen molar-refractivity contribution in [2.75, 3.05) is 11.1 Å². The van der Waals surface area contributed by atoms with Gasteiger partial charge in [0, 0.05) is 17.5 Å². The van der Waals surface area contributed by atoms with Crippen molar-refractivity contribution in [3.05, 3.63) is 57.1 Å². The molecule has 8 heteroatoms. The lowest BCUT2D eigenvalue weighted by Gasteiger charge is -2.06. The number of rotatable bonds is 5. The maximum atomic E-state index is 11.8. The first kappa shape index (κ1) is 15.7. The molecule has 0 aliphatic heterocycles. The van der Waals surface area contributed by atoms with Gasteiger partial charge < -0.3 is 11.1 Å². The highest BCUT2D eigenvalue weighted by atomic mass is 35.5. The molecule has 0 spiro atoms. The molecule has 0 saturated carbocycles. The molecule has 0 bridgehead atoms. The number of nitrogens with one attached hydrogen (secondary N) is 1. The van der Waals surface area contributed by atoms with Crippen LogP contribution in [0.1, 0.15) is 12.0 Å². The lowest BCUT2D eigenvalue weighted by Crippen LogP contribution is -2.14. The van der Waals surface area contributed by atoms with Crippen molar-refractivity contribution in [1.82, 2.24) is 4.98 Å². The van der Waals surface area contributed by atoms with Gasteiger partial charge in [-0.2, -0.15) is 0 Å². The zero-order valence-electron chi connectivity index (χ0n) is 11.5. The zero-order valence-corrected chi connectivity index (χ0v) is 12.2. The number of nitrogens with two attached hydrogens (primary N) is 1. The number of nitro groups is 1. The number of nitrogens with zero attached hydrogens (tertiary/aromatic N) is 2. The second kappa shape index (κ2) is 6.86. The zero-order chi connectivity index (χ0) is 16.1. The van der Waals surface area contributed by atoms with E-state index in [4.69, 9.17) is 17.3 Å². The van der Waals surface area contributed by atoms with Gasteiger partial charge in [0.15, 0.2) is 0 Å². The Labute approximate surface area is 131 Å². The number of nitrogen functional groups attached to an aromatic ring is 1. The molecule has 0 aliphatic carbocycles. The van der Waals surface area contributed by atoms with Crippen LogP contribution in [0.3, 0.4) is 0 Å². The standard InChI is InChI=1S/C14H13ClN4O3/c15-10-3-1-2-9(8-10)4-7-13(20)17-12-6-5-11(19(21)22)14(16)18-12/h1-3,5-6,8H,4,7H2,(H3,16,17,18,20). The van der Waals surface area contributed by atoms with Gasteiger partial charge in [-0.25, -0.2) is 4.98 Å². The molecule has 3 N–H and O–H groups in total. The first-order valence-corrected chi connectivity index (χ1v) is 6.78. The molecular weight excluding hydrogens is 308 g/mol. The minimum atomic E-state index is -0.632. The van der Waals surface area contributed by atoms with E-state index in [2.05, 4.69) is 10.3 Å². The lowest BCUT2D eigenvalue weighted by molar-refractivity contribution is -0.384. The molecule has 0 radical (unpaired) electrons. The molecule has 0 unspecified atom stereocenters. The summed E-state index contributed by atoms with van der Waals surface area (Å²) in [5, 5.41) is 13.8. The van der Waals surface area contributed by atoms with Crippen LogP contribution >= 0.6 is 11.6 Å². The maximum Gasteiger partial charge on any atom is 0.311 e. The Morgan fingerprint density at radius 2 is 2.14 bits per heavy atom. The van der Waals surface area contributed by atoms with Gasteiger partial charge in [0.2, 0.25) is 11.7 Å². The lowest BCUT2D eigenvalue weighted by atomic mass is 10.1. The fourth-order valence-electron chi connectivity index (χ4n) is 1.85. The Morgan fingerprint density at radius 1 is 1.36 bits per heavy atom. The number of amides is 1. The normalized spacial score (nSPS) is 10.2. The highest BCUT2D eigenvalue weighted by Gasteiger charge is 2.13. The molecule has 1 aromatic carbocycles. The third-order valence-corrected chi connectivity index (χ3v) is 3.13. The molecule has 1 aromatic heterocycles. The second-order valence-corrected chi connectivity index (χ2v) is 4.97. The van der Waals surface area contributed by atoms with E-state index in [1.54, 1.807) is 12.1 Å². The van der Waals surface area contributed by atoms with E-state index in [1.807, 2.05) is 12.1 Å². The number of halogens is 1. The highest BCUT2D eigenvalue weighted by molar-refractivity contribution is 6.30. The quantitative estimate of drug-likeness (QED) is 0.650. The molecule has 0 fully saturated rings. The molecule has 0 aliphatic rings. The molecule has 0 atom stereocenters. The fourth-order valence-corrected chi connectivity index (χ4v) is 2.06. The first-order valence-electron chi connectivity index (χ1n) is 6.41. The van der Waals surface area contributed by atoms with Gasteiger partial charge >= 0.3 is 5.69 Å². The van der Waals surface area contributed by atoms with Crippen LogP contribution in [0.25, 0.3) is 0 Å². The number of carbonyl (C=O) groups is 1. The summed E-state index contributed by atoms with van der Waals surface area (Å²) in [7, 11) is 0. The monoisotopic (exact) mass is 320 g/mol. The molecule has 22 heavy (non-hydrogen) atoms. The summed E-state index contributed by atoms with van der Waals surface area (Å²) in [4.78, 5) is 25.6. The Hall–Kier alpha value is -2.67. The SMILES string of the molecule is Nc1nc(NC(=O)CCc2cccc(Cl)c2)ccc1[N+](=O)[O-].